The molecule has 0 fully saturated rings. The summed E-state index contributed by atoms with van der Waals surface area (Å²) < 4.78 is 88.9. The number of ether oxygens (including phenoxy) is 2. The van der Waals surface area contributed by atoms with E-state index in [0.29, 0.717) is 29.9 Å². The molecule has 0 bridgehead atoms. The molecule has 0 N–H and O–H groups in total. The van der Waals surface area contributed by atoms with Crippen molar-refractivity contribution in [1.82, 2.24) is 9.80 Å². The van der Waals surface area contributed by atoms with Crippen LogP contribution in [0.2, 0.25) is 36.3 Å². The number of nitro groups is 2. The van der Waals surface area contributed by atoms with Gasteiger partial charge in [0, 0.05) is 43.1 Å². The summed E-state index contributed by atoms with van der Waals surface area (Å²) in [6, 6.07) is 3.99. The van der Waals surface area contributed by atoms with Crippen molar-refractivity contribution in [3.8, 4) is 11.5 Å². The number of carbonyl (C=O) groups excluding carboxylic acids is 2. The Morgan fingerprint density at radius 3 is 1.42 bits per heavy atom. The van der Waals surface area contributed by atoms with Gasteiger partial charge in [-0.1, -0.05) is 47.1 Å². The van der Waals surface area contributed by atoms with Gasteiger partial charge in [0.15, 0.2) is 16.6 Å². The molecule has 2 aromatic carbocycles. The topological polar surface area (TPSA) is 207 Å². The number of rotatable bonds is 14. The molecular weight excluding hydrogens is 914 g/mol. The van der Waals surface area contributed by atoms with Crippen LogP contribution in [0.25, 0.3) is 0 Å². The number of nitro benzene ring substituents is 2. The van der Waals surface area contributed by atoms with Crippen molar-refractivity contribution in [3.63, 3.8) is 0 Å². The number of alkyl halides is 3. The molecule has 0 saturated carbocycles. The lowest BCUT2D eigenvalue weighted by Crippen LogP contribution is -2.45. The summed E-state index contributed by atoms with van der Waals surface area (Å²) in [7, 11) is -7.57. The fraction of sp³-hybridized carbons (Fsp3) is 0.571. The molecule has 2 aliphatic rings. The Morgan fingerprint density at radius 2 is 1.08 bits per heavy atom. The third kappa shape index (κ3) is 12.7. The van der Waals surface area contributed by atoms with Gasteiger partial charge in [0.25, 0.3) is 23.2 Å². The summed E-state index contributed by atoms with van der Waals surface area (Å²) in [5.41, 5.74) is -4.76. The molecule has 0 unspecified atom stereocenters. The van der Waals surface area contributed by atoms with Crippen molar-refractivity contribution in [2.24, 2.45) is 0 Å². The fourth-order valence-corrected chi connectivity index (χ4v) is 8.80. The Morgan fingerprint density at radius 1 is 0.708 bits per heavy atom. The highest BCUT2D eigenvalue weighted by atomic mass is 32.2. The molecule has 0 radical (unpaired) electrons. The normalized spacial score (nSPS) is 17.2. The van der Waals surface area contributed by atoms with Gasteiger partial charge in [-0.3, -0.25) is 29.8 Å². The average Bonchev–Trinajstić information content (AvgIpc) is 3.76. The highest BCUT2D eigenvalue weighted by Crippen LogP contribution is 2.40. The predicted octanol–water partition coefficient (Wildman–Crippen LogP) is 9.91. The first-order valence-electron chi connectivity index (χ1n) is 20.5. The van der Waals surface area contributed by atoms with E-state index in [-0.39, 0.29) is 39.7 Å². The van der Waals surface area contributed by atoms with E-state index in [9.17, 15) is 51.4 Å². The molecule has 2 heterocycles. The van der Waals surface area contributed by atoms with Gasteiger partial charge in [0.2, 0.25) is 0 Å². The predicted molar refractivity (Wildman–Crippen MR) is 242 cm³/mol. The van der Waals surface area contributed by atoms with Gasteiger partial charge in [-0.05, 0) is 74.6 Å². The minimum Gasteiger partial charge on any atom is -0.496 e. The maximum Gasteiger partial charge on any atom is 0.534 e. The first-order valence-corrected chi connectivity index (χ1v) is 27.7. The highest BCUT2D eigenvalue weighted by molar-refractivity contribution is 7.87. The lowest BCUT2D eigenvalue weighted by atomic mass is 10.1. The van der Waals surface area contributed by atoms with Crippen molar-refractivity contribution in [3.05, 3.63) is 90.5 Å². The number of hydrogen-bond donors (Lipinski definition) is 0. The van der Waals surface area contributed by atoms with Crippen molar-refractivity contribution in [2.75, 3.05) is 27.4 Å². The Hall–Kier alpha value is -4.85. The lowest BCUT2D eigenvalue weighted by molar-refractivity contribution is -0.385. The number of methoxy groups -OCH3 is 2. The Bertz CT molecular complexity index is 2340. The summed E-state index contributed by atoms with van der Waals surface area (Å²) >= 11 is 0. The van der Waals surface area contributed by atoms with Gasteiger partial charge in [0.05, 0.1) is 49.4 Å². The van der Waals surface area contributed by atoms with E-state index in [4.69, 9.17) is 18.3 Å². The molecule has 2 aliphatic heterocycles. The van der Waals surface area contributed by atoms with E-state index < -0.39 is 83.4 Å². The van der Waals surface area contributed by atoms with E-state index >= 15 is 0 Å². The molecule has 0 spiro atoms. The van der Waals surface area contributed by atoms with Gasteiger partial charge in [0.1, 0.15) is 28.4 Å². The first-order chi connectivity index (χ1) is 29.5. The van der Waals surface area contributed by atoms with Crippen LogP contribution in [0, 0.1) is 34.1 Å². The van der Waals surface area contributed by atoms with Gasteiger partial charge in [-0.15, -0.1) is 0 Å². The van der Waals surface area contributed by atoms with Crippen LogP contribution in [0.1, 0.15) is 93.2 Å². The summed E-state index contributed by atoms with van der Waals surface area (Å²) in [5, 5.41) is 23.0. The number of carbonyl (C=O) groups is 2. The third-order valence-electron chi connectivity index (χ3n) is 12.2. The molecule has 17 nitrogen and oxygen atoms in total. The molecule has 2 aromatic rings. The lowest BCUT2D eigenvalue weighted by Gasteiger charge is -2.38. The molecule has 65 heavy (non-hydrogen) atoms. The maximum absolute atomic E-state index is 13.4. The van der Waals surface area contributed by atoms with Gasteiger partial charge in [-0.25, -0.2) is 0 Å². The Labute approximate surface area is 380 Å². The number of amides is 2. The summed E-state index contributed by atoms with van der Waals surface area (Å²) in [5.74, 6) is -1.38. The molecule has 4 rings (SSSR count). The van der Waals surface area contributed by atoms with Gasteiger partial charge < -0.3 is 32.3 Å². The van der Waals surface area contributed by atoms with Crippen molar-refractivity contribution >= 4 is 49.9 Å². The molecule has 23 heteroatoms. The van der Waals surface area contributed by atoms with E-state index in [1.165, 1.54) is 26.4 Å². The quantitative estimate of drug-likeness (QED) is 0.0569. The van der Waals surface area contributed by atoms with Gasteiger partial charge >= 0.3 is 15.6 Å². The highest BCUT2D eigenvalue weighted by Gasteiger charge is 2.50. The van der Waals surface area contributed by atoms with Crippen molar-refractivity contribution in [2.45, 2.75) is 129 Å². The number of hydrogen-bond acceptors (Lipinski definition) is 13. The second-order valence-electron chi connectivity index (χ2n) is 19.0. The largest absolute Gasteiger partial charge is 0.534 e. The molecule has 2 amide bonds. The van der Waals surface area contributed by atoms with E-state index in [0.717, 1.165) is 28.8 Å². The van der Waals surface area contributed by atoms with Crippen LogP contribution in [0.5, 0.6) is 11.5 Å². The minimum atomic E-state index is -5.99. The van der Waals surface area contributed by atoms with E-state index in [1.807, 2.05) is 40.8 Å². The summed E-state index contributed by atoms with van der Waals surface area (Å²) in [6.07, 6.45) is 2.86. The molecule has 0 saturated heterocycles. The van der Waals surface area contributed by atoms with Crippen LogP contribution in [0.4, 0.5) is 24.5 Å². The molecule has 0 aliphatic carbocycles. The monoisotopic (exact) mass is 974 g/mol. The van der Waals surface area contributed by atoms with Crippen LogP contribution < -0.4 is 9.47 Å². The van der Waals surface area contributed by atoms with Crippen LogP contribution in [-0.4, -0.2) is 102 Å². The standard InChI is InChI=1S/C21H29F3N2O8SSi.C21H32N2O5Si/c1-13-8-17(26(28)29)16(10-18(13)32-5)19(27)25-11-15(34-35(30,31)21(22,23)24)9-14(25)12-33-36(6,7)20(2,3)4;1-14-9-16(13-28-29(7,8)21(3,4)5)22(12-14)20(24)17-11-19(27-6)15(2)10-18(17)23(25)26/h8,10-11,14H,9,12H2,1-7H3;10-12,16H,9,13H2,1-8H3/t14-;16-/m00/s1. The molecule has 0 aromatic heterocycles. The number of aryl methyl sites for hydroxylation is 2. The van der Waals surface area contributed by atoms with Crippen LogP contribution in [0.3, 0.4) is 0 Å². The molecule has 362 valence electrons. The zero-order valence-corrected chi connectivity index (χ0v) is 42.4. The molecule has 2 atom stereocenters. The first kappa shape index (κ1) is 54.5. The average molecular weight is 975 g/mol. The smallest absolute Gasteiger partial charge is 0.496 e. The van der Waals surface area contributed by atoms with Crippen molar-refractivity contribution in [1.29, 1.82) is 0 Å². The third-order valence-corrected chi connectivity index (χ3v) is 22.2. The van der Waals surface area contributed by atoms with Crippen LogP contribution in [0.15, 0.2) is 48.0 Å². The van der Waals surface area contributed by atoms with Crippen LogP contribution >= 0.6 is 0 Å². The van der Waals surface area contributed by atoms with Crippen LogP contribution in [-0.2, 0) is 23.2 Å². The maximum atomic E-state index is 13.4. The Kier molecular flexibility index (Phi) is 16.7. The minimum absolute atomic E-state index is 0.0285. The summed E-state index contributed by atoms with van der Waals surface area (Å²) in [6.45, 7) is 26.0. The second kappa shape index (κ2) is 19.9. The number of nitrogens with zero attached hydrogens (tertiary/aromatic N) is 4. The zero-order chi connectivity index (χ0) is 50.0. The Balaban J connectivity index is 0.000000353. The number of benzene rings is 2. The molecular formula is C42H61F3N4O13SSi2. The van der Waals surface area contributed by atoms with Crippen molar-refractivity contribution < 1.29 is 63.5 Å². The fourth-order valence-electron chi connectivity index (χ4n) is 6.23. The van der Waals surface area contributed by atoms with E-state index in [2.05, 4.69) is 38.0 Å². The van der Waals surface area contributed by atoms with E-state index in [1.54, 1.807) is 24.9 Å². The SMILES string of the molecule is COc1cc(C(=O)N2C=C(C)C[C@H]2CO[Si](C)(C)C(C)(C)C)c([N+](=O)[O-])cc1C.COc1cc(C(=O)N2C=C(OS(=O)(=O)C(F)(F)F)C[C@H]2CO[Si](C)(C)C(C)(C)C)c([N+](=O)[O-])cc1C. The summed E-state index contributed by atoms with van der Waals surface area (Å²) in [4.78, 5) is 51.1. The number of halogens is 3. The second-order valence-corrected chi connectivity index (χ2v) is 30.2. The zero-order valence-electron chi connectivity index (χ0n) is 39.6. The van der Waals surface area contributed by atoms with Gasteiger partial charge in [-0.2, -0.15) is 21.6 Å².